The summed E-state index contributed by atoms with van der Waals surface area (Å²) in [6, 6.07) is 7.36. The van der Waals surface area contributed by atoms with Crippen molar-refractivity contribution in [3.8, 4) is 11.5 Å². The van der Waals surface area contributed by atoms with E-state index >= 15 is 0 Å². The quantitative estimate of drug-likeness (QED) is 0.653. The first kappa shape index (κ1) is 17.7. The highest BCUT2D eigenvalue weighted by molar-refractivity contribution is 7.99. The Morgan fingerprint density at radius 1 is 0.739 bits per heavy atom. The molecule has 2 aromatic rings. The number of aryl methyl sites for hydroxylation is 2. The standard InChI is InChI=1S/C18H22O4S/c1-11-7-13(3-5-19)9-15(17(11)21)23-16-10-14(4-6-20)8-12(2)18(16)22/h7-10,19-22H,3-6H2,1-2H3. The van der Waals surface area contributed by atoms with E-state index in [-0.39, 0.29) is 24.7 Å². The summed E-state index contributed by atoms with van der Waals surface area (Å²) >= 11 is 1.29. The fourth-order valence-corrected chi connectivity index (χ4v) is 3.63. The SMILES string of the molecule is Cc1cc(CCO)cc(Sc2cc(CCO)cc(C)c2O)c1O. The summed E-state index contributed by atoms with van der Waals surface area (Å²) in [6.07, 6.45) is 1.04. The van der Waals surface area contributed by atoms with Gasteiger partial charge in [0, 0.05) is 13.2 Å². The summed E-state index contributed by atoms with van der Waals surface area (Å²) in [5.41, 5.74) is 3.35. The van der Waals surface area contributed by atoms with Gasteiger partial charge in [-0.3, -0.25) is 0 Å². The number of aliphatic hydroxyl groups is 2. The molecule has 0 saturated carbocycles. The largest absolute Gasteiger partial charge is 0.506 e. The van der Waals surface area contributed by atoms with Crippen molar-refractivity contribution in [2.45, 2.75) is 36.5 Å². The normalized spacial score (nSPS) is 11.0. The molecule has 0 radical (unpaired) electrons. The van der Waals surface area contributed by atoms with E-state index in [1.54, 1.807) is 0 Å². The van der Waals surface area contributed by atoms with Gasteiger partial charge in [-0.15, -0.1) is 0 Å². The molecule has 0 atom stereocenters. The first-order valence-corrected chi connectivity index (χ1v) is 8.32. The molecule has 2 aromatic carbocycles. The van der Waals surface area contributed by atoms with Crippen molar-refractivity contribution in [3.05, 3.63) is 46.5 Å². The predicted molar refractivity (Wildman–Crippen MR) is 91.4 cm³/mol. The molecule has 0 fully saturated rings. The first-order chi connectivity index (χ1) is 11.0. The summed E-state index contributed by atoms with van der Waals surface area (Å²) < 4.78 is 0. The van der Waals surface area contributed by atoms with Crippen LogP contribution in [-0.2, 0) is 12.8 Å². The van der Waals surface area contributed by atoms with E-state index in [9.17, 15) is 10.2 Å². The van der Waals surface area contributed by atoms with Crippen LogP contribution in [0.25, 0.3) is 0 Å². The van der Waals surface area contributed by atoms with E-state index in [1.165, 1.54) is 11.8 Å². The van der Waals surface area contributed by atoms with E-state index in [1.807, 2.05) is 38.1 Å². The van der Waals surface area contributed by atoms with Gasteiger partial charge in [0.25, 0.3) is 0 Å². The molecule has 2 rings (SSSR count). The molecule has 0 unspecified atom stereocenters. The van der Waals surface area contributed by atoms with Gasteiger partial charge in [-0.05, 0) is 61.1 Å². The minimum absolute atomic E-state index is 0.0463. The maximum Gasteiger partial charge on any atom is 0.132 e. The van der Waals surface area contributed by atoms with Gasteiger partial charge in [-0.2, -0.15) is 0 Å². The number of phenols is 2. The summed E-state index contributed by atoms with van der Waals surface area (Å²) in [4.78, 5) is 1.29. The number of rotatable bonds is 6. The minimum Gasteiger partial charge on any atom is -0.506 e. The number of hydrogen-bond acceptors (Lipinski definition) is 5. The molecule has 23 heavy (non-hydrogen) atoms. The van der Waals surface area contributed by atoms with E-state index in [2.05, 4.69) is 0 Å². The van der Waals surface area contributed by atoms with Crippen LogP contribution in [0.5, 0.6) is 11.5 Å². The van der Waals surface area contributed by atoms with Crippen LogP contribution in [0.3, 0.4) is 0 Å². The molecule has 4 nitrogen and oxygen atoms in total. The van der Waals surface area contributed by atoms with Crippen LogP contribution < -0.4 is 0 Å². The van der Waals surface area contributed by atoms with E-state index in [0.29, 0.717) is 22.6 Å². The van der Waals surface area contributed by atoms with E-state index in [0.717, 1.165) is 22.3 Å². The van der Waals surface area contributed by atoms with Crippen LogP contribution in [0, 0.1) is 13.8 Å². The van der Waals surface area contributed by atoms with Crippen molar-refractivity contribution < 1.29 is 20.4 Å². The second kappa shape index (κ2) is 7.73. The van der Waals surface area contributed by atoms with Gasteiger partial charge in [0.15, 0.2) is 0 Å². The summed E-state index contributed by atoms with van der Waals surface area (Å²) in [5, 5.41) is 38.8. The number of aliphatic hydroxyl groups excluding tert-OH is 2. The van der Waals surface area contributed by atoms with Crippen LogP contribution >= 0.6 is 11.8 Å². The summed E-state index contributed by atoms with van der Waals surface area (Å²) in [5.74, 6) is 0.364. The number of benzene rings is 2. The molecule has 124 valence electrons. The van der Waals surface area contributed by atoms with Crippen molar-refractivity contribution in [1.29, 1.82) is 0 Å². The molecule has 0 aliphatic heterocycles. The molecule has 0 amide bonds. The fraction of sp³-hybridized carbons (Fsp3) is 0.333. The Labute approximate surface area is 140 Å². The maximum absolute atomic E-state index is 10.3. The smallest absolute Gasteiger partial charge is 0.132 e. The molecular formula is C18H22O4S. The van der Waals surface area contributed by atoms with Gasteiger partial charge in [-0.25, -0.2) is 0 Å². The zero-order valence-corrected chi connectivity index (χ0v) is 14.2. The van der Waals surface area contributed by atoms with Gasteiger partial charge in [0.1, 0.15) is 11.5 Å². The third-order valence-electron chi connectivity index (χ3n) is 3.67. The van der Waals surface area contributed by atoms with Crippen LogP contribution in [0.4, 0.5) is 0 Å². The third-order valence-corrected chi connectivity index (χ3v) is 4.73. The third kappa shape index (κ3) is 4.19. The molecule has 0 saturated heterocycles. The molecule has 0 aliphatic rings. The van der Waals surface area contributed by atoms with Crippen molar-refractivity contribution >= 4 is 11.8 Å². The lowest BCUT2D eigenvalue weighted by atomic mass is 10.1. The highest BCUT2D eigenvalue weighted by atomic mass is 32.2. The van der Waals surface area contributed by atoms with E-state index in [4.69, 9.17) is 10.2 Å². The van der Waals surface area contributed by atoms with Crippen molar-refractivity contribution in [2.75, 3.05) is 13.2 Å². The fourth-order valence-electron chi connectivity index (χ4n) is 2.46. The topological polar surface area (TPSA) is 80.9 Å². The Hall–Kier alpha value is -1.69. The van der Waals surface area contributed by atoms with Gasteiger partial charge < -0.3 is 20.4 Å². The summed E-state index contributed by atoms with van der Waals surface area (Å²) in [7, 11) is 0. The second-order valence-electron chi connectivity index (χ2n) is 5.57. The molecule has 5 heteroatoms. The molecule has 0 spiro atoms. The highest BCUT2D eigenvalue weighted by Crippen LogP contribution is 2.42. The Bertz CT molecular complexity index is 638. The van der Waals surface area contributed by atoms with Gasteiger partial charge in [0.2, 0.25) is 0 Å². The molecule has 0 bridgehead atoms. The lowest BCUT2D eigenvalue weighted by Gasteiger charge is -2.13. The maximum atomic E-state index is 10.3. The average molecular weight is 334 g/mol. The minimum atomic E-state index is 0.0463. The van der Waals surface area contributed by atoms with Crippen LogP contribution in [-0.4, -0.2) is 33.6 Å². The van der Waals surface area contributed by atoms with Crippen molar-refractivity contribution in [3.63, 3.8) is 0 Å². The van der Waals surface area contributed by atoms with Crippen molar-refractivity contribution in [2.24, 2.45) is 0 Å². The molecule has 0 aliphatic carbocycles. The monoisotopic (exact) mass is 334 g/mol. The number of phenolic OH excluding ortho intramolecular Hbond substituents is 2. The molecule has 0 aromatic heterocycles. The molecular weight excluding hydrogens is 312 g/mol. The first-order valence-electron chi connectivity index (χ1n) is 7.50. The summed E-state index contributed by atoms with van der Waals surface area (Å²) in [6.45, 7) is 3.72. The van der Waals surface area contributed by atoms with E-state index < -0.39 is 0 Å². The van der Waals surface area contributed by atoms with Crippen LogP contribution in [0.15, 0.2) is 34.1 Å². The number of aromatic hydroxyl groups is 2. The molecule has 0 heterocycles. The Balaban J connectivity index is 2.42. The van der Waals surface area contributed by atoms with Crippen LogP contribution in [0.2, 0.25) is 0 Å². The Morgan fingerprint density at radius 3 is 1.48 bits per heavy atom. The second-order valence-corrected chi connectivity index (χ2v) is 6.65. The van der Waals surface area contributed by atoms with Gasteiger partial charge in [0.05, 0.1) is 9.79 Å². The van der Waals surface area contributed by atoms with Gasteiger partial charge in [-0.1, -0.05) is 23.9 Å². The Morgan fingerprint density at radius 2 is 1.13 bits per heavy atom. The Kier molecular flexibility index (Phi) is 5.93. The lowest BCUT2D eigenvalue weighted by molar-refractivity contribution is 0.299. The predicted octanol–water partition coefficient (Wildman–Crippen LogP) is 2.94. The number of hydrogen-bond donors (Lipinski definition) is 4. The molecule has 4 N–H and O–H groups in total. The zero-order chi connectivity index (χ0) is 17.0. The van der Waals surface area contributed by atoms with Crippen LogP contribution in [0.1, 0.15) is 22.3 Å². The highest BCUT2D eigenvalue weighted by Gasteiger charge is 2.13. The lowest BCUT2D eigenvalue weighted by Crippen LogP contribution is -1.94. The average Bonchev–Trinajstić information content (AvgIpc) is 2.50. The zero-order valence-electron chi connectivity index (χ0n) is 13.3. The van der Waals surface area contributed by atoms with Gasteiger partial charge >= 0.3 is 0 Å². The van der Waals surface area contributed by atoms with Crippen molar-refractivity contribution in [1.82, 2.24) is 0 Å².